The topological polar surface area (TPSA) is 27.7 Å². The fraction of sp³-hybridized carbons (Fsp3) is 0.300. The SMILES string of the molecule is CCO[SiH](C)OCC.COc1c2ccccc2cc2ccccc12. The van der Waals surface area contributed by atoms with Crippen molar-refractivity contribution < 1.29 is 13.6 Å². The molecule has 128 valence electrons. The van der Waals surface area contributed by atoms with Crippen molar-refractivity contribution in [1.82, 2.24) is 0 Å². The Bertz CT molecular complexity index is 713. The number of fused-ring (bicyclic) bond motifs is 2. The monoisotopic (exact) mass is 342 g/mol. The molecule has 24 heavy (non-hydrogen) atoms. The van der Waals surface area contributed by atoms with Crippen LogP contribution in [0.4, 0.5) is 0 Å². The molecule has 0 saturated heterocycles. The van der Waals surface area contributed by atoms with E-state index in [9.17, 15) is 0 Å². The zero-order valence-corrected chi connectivity index (χ0v) is 16.1. The van der Waals surface area contributed by atoms with Gasteiger partial charge in [0.05, 0.1) is 7.11 Å². The fourth-order valence-electron chi connectivity index (χ4n) is 2.71. The second kappa shape index (κ2) is 9.42. The molecule has 3 aromatic carbocycles. The Balaban J connectivity index is 0.000000224. The van der Waals surface area contributed by atoms with Gasteiger partial charge >= 0.3 is 9.28 Å². The molecule has 3 rings (SSSR count). The van der Waals surface area contributed by atoms with E-state index in [1.54, 1.807) is 7.11 Å². The number of benzene rings is 3. The Morgan fingerprint density at radius 1 is 0.792 bits per heavy atom. The first-order valence-electron chi connectivity index (χ1n) is 8.38. The summed E-state index contributed by atoms with van der Waals surface area (Å²) in [7, 11) is 0.528. The van der Waals surface area contributed by atoms with E-state index in [1.165, 1.54) is 21.5 Å². The molecule has 0 aromatic heterocycles. The van der Waals surface area contributed by atoms with Gasteiger partial charge in [0.2, 0.25) is 0 Å². The molecule has 0 aliphatic heterocycles. The van der Waals surface area contributed by atoms with Crippen LogP contribution in [0.5, 0.6) is 5.75 Å². The third kappa shape index (κ3) is 4.57. The van der Waals surface area contributed by atoms with Crippen molar-refractivity contribution in [2.24, 2.45) is 0 Å². The predicted molar refractivity (Wildman–Crippen MR) is 104 cm³/mol. The van der Waals surface area contributed by atoms with E-state index in [1.807, 2.05) is 32.5 Å². The summed E-state index contributed by atoms with van der Waals surface area (Å²) in [4.78, 5) is 0. The maximum absolute atomic E-state index is 5.54. The fourth-order valence-corrected chi connectivity index (χ4v) is 3.74. The minimum Gasteiger partial charge on any atom is -0.495 e. The molecule has 3 nitrogen and oxygen atoms in total. The maximum Gasteiger partial charge on any atom is 0.318 e. The molecule has 0 N–H and O–H groups in total. The number of hydrogen-bond donors (Lipinski definition) is 0. The van der Waals surface area contributed by atoms with Crippen molar-refractivity contribution in [2.45, 2.75) is 20.4 Å². The molecular formula is C20H26O3Si. The van der Waals surface area contributed by atoms with Gasteiger partial charge in [-0.15, -0.1) is 0 Å². The summed E-state index contributed by atoms with van der Waals surface area (Å²) < 4.78 is 15.9. The van der Waals surface area contributed by atoms with Crippen LogP contribution in [-0.2, 0) is 8.85 Å². The first kappa shape index (κ1) is 18.5. The van der Waals surface area contributed by atoms with E-state index in [-0.39, 0.29) is 0 Å². The number of ether oxygens (including phenoxy) is 1. The van der Waals surface area contributed by atoms with Crippen LogP contribution in [0.2, 0.25) is 6.55 Å². The molecule has 0 aliphatic carbocycles. The van der Waals surface area contributed by atoms with Crippen molar-refractivity contribution in [1.29, 1.82) is 0 Å². The van der Waals surface area contributed by atoms with Gasteiger partial charge in [0.15, 0.2) is 0 Å². The van der Waals surface area contributed by atoms with Crippen molar-refractivity contribution >= 4 is 30.8 Å². The number of rotatable bonds is 5. The average molecular weight is 343 g/mol. The number of hydrogen-bond acceptors (Lipinski definition) is 3. The second-order valence-corrected chi connectivity index (χ2v) is 7.13. The highest BCUT2D eigenvalue weighted by Crippen LogP contribution is 2.34. The summed E-state index contributed by atoms with van der Waals surface area (Å²) in [5.41, 5.74) is 0. The van der Waals surface area contributed by atoms with E-state index >= 15 is 0 Å². The molecule has 0 aliphatic rings. The summed E-state index contributed by atoms with van der Waals surface area (Å²) in [6.45, 7) is 7.58. The van der Waals surface area contributed by atoms with Crippen molar-refractivity contribution in [3.05, 3.63) is 54.6 Å². The molecule has 0 atom stereocenters. The molecule has 4 heteroatoms. The normalized spacial score (nSPS) is 10.7. The smallest absolute Gasteiger partial charge is 0.318 e. The average Bonchev–Trinajstić information content (AvgIpc) is 2.60. The van der Waals surface area contributed by atoms with Crippen molar-refractivity contribution in [2.75, 3.05) is 20.3 Å². The van der Waals surface area contributed by atoms with Gasteiger partial charge in [-0.25, -0.2) is 0 Å². The molecular weight excluding hydrogens is 316 g/mol. The van der Waals surface area contributed by atoms with Crippen LogP contribution in [0.15, 0.2) is 54.6 Å². The molecule has 0 spiro atoms. The summed E-state index contributed by atoms with van der Waals surface area (Å²) >= 11 is 0. The Morgan fingerprint density at radius 3 is 1.67 bits per heavy atom. The maximum atomic E-state index is 5.54. The summed E-state index contributed by atoms with van der Waals surface area (Å²) in [5.74, 6) is 0.966. The van der Waals surface area contributed by atoms with Gasteiger partial charge in [0.25, 0.3) is 0 Å². The zero-order valence-electron chi connectivity index (χ0n) is 14.9. The number of methoxy groups -OCH3 is 1. The van der Waals surface area contributed by atoms with Crippen LogP contribution >= 0.6 is 0 Å². The molecule has 0 amide bonds. The van der Waals surface area contributed by atoms with Crippen LogP contribution in [-0.4, -0.2) is 29.6 Å². The molecule has 0 unspecified atom stereocenters. The lowest BCUT2D eigenvalue weighted by atomic mass is 10.0. The van der Waals surface area contributed by atoms with Crippen LogP contribution in [0, 0.1) is 0 Å². The van der Waals surface area contributed by atoms with Crippen LogP contribution in [0.25, 0.3) is 21.5 Å². The second-order valence-electron chi connectivity index (χ2n) is 5.33. The summed E-state index contributed by atoms with van der Waals surface area (Å²) in [6.07, 6.45) is 0. The van der Waals surface area contributed by atoms with Gasteiger partial charge in [-0.1, -0.05) is 48.5 Å². The van der Waals surface area contributed by atoms with Crippen LogP contribution in [0.1, 0.15) is 13.8 Å². The lowest BCUT2D eigenvalue weighted by Gasteiger charge is -2.09. The third-order valence-electron chi connectivity index (χ3n) is 3.73. The molecule has 3 aromatic rings. The Labute approximate surface area is 146 Å². The van der Waals surface area contributed by atoms with Crippen LogP contribution < -0.4 is 4.74 Å². The summed E-state index contributed by atoms with van der Waals surface area (Å²) in [6, 6.07) is 18.8. The highest BCUT2D eigenvalue weighted by atomic mass is 28.3. The van der Waals surface area contributed by atoms with E-state index in [0.29, 0.717) is 0 Å². The Hall–Kier alpha value is -1.88. The first-order chi connectivity index (χ1) is 11.7. The highest BCUT2D eigenvalue weighted by molar-refractivity contribution is 6.42. The predicted octanol–water partition coefficient (Wildman–Crippen LogP) is 4.91. The zero-order chi connectivity index (χ0) is 17.4. The van der Waals surface area contributed by atoms with E-state index in [0.717, 1.165) is 19.0 Å². The highest BCUT2D eigenvalue weighted by Gasteiger charge is 2.06. The van der Waals surface area contributed by atoms with Gasteiger partial charge in [0.1, 0.15) is 5.75 Å². The molecule has 0 radical (unpaired) electrons. The quantitative estimate of drug-likeness (QED) is 0.487. The van der Waals surface area contributed by atoms with Gasteiger partial charge in [-0.05, 0) is 37.2 Å². The Morgan fingerprint density at radius 2 is 1.25 bits per heavy atom. The minimum absolute atomic E-state index is 0.785. The molecule has 0 bridgehead atoms. The van der Waals surface area contributed by atoms with Crippen molar-refractivity contribution in [3.8, 4) is 5.75 Å². The van der Waals surface area contributed by atoms with E-state index in [2.05, 4.69) is 42.5 Å². The van der Waals surface area contributed by atoms with Crippen LogP contribution in [0.3, 0.4) is 0 Å². The minimum atomic E-state index is -1.20. The lowest BCUT2D eigenvalue weighted by Crippen LogP contribution is -2.17. The molecule has 0 heterocycles. The standard InChI is InChI=1S/C15H12O.C5H14O2Si/c1-16-15-13-8-4-2-6-11(13)10-12-7-3-5-9-14(12)15;1-4-6-8(3)7-5-2/h2-10H,1H3;8H,4-5H2,1-3H3. The van der Waals surface area contributed by atoms with E-state index in [4.69, 9.17) is 13.6 Å². The molecule has 0 saturated carbocycles. The van der Waals surface area contributed by atoms with E-state index < -0.39 is 9.28 Å². The Kier molecular flexibility index (Phi) is 7.25. The first-order valence-corrected chi connectivity index (χ1v) is 10.5. The summed E-state index contributed by atoms with van der Waals surface area (Å²) in [5, 5.41) is 4.78. The largest absolute Gasteiger partial charge is 0.495 e. The van der Waals surface area contributed by atoms with Crippen molar-refractivity contribution in [3.63, 3.8) is 0 Å². The van der Waals surface area contributed by atoms with Gasteiger partial charge < -0.3 is 13.6 Å². The van der Waals surface area contributed by atoms with Gasteiger partial charge in [0, 0.05) is 24.0 Å². The molecule has 0 fully saturated rings. The third-order valence-corrected chi connectivity index (χ3v) is 5.33. The van der Waals surface area contributed by atoms with Gasteiger partial charge in [-0.3, -0.25) is 0 Å². The lowest BCUT2D eigenvalue weighted by molar-refractivity contribution is 0.219. The van der Waals surface area contributed by atoms with Gasteiger partial charge in [-0.2, -0.15) is 0 Å².